The zero-order valence-electron chi connectivity index (χ0n) is 28.5. The lowest BCUT2D eigenvalue weighted by atomic mass is 9.97. The van der Waals surface area contributed by atoms with Gasteiger partial charge < -0.3 is 20.5 Å². The van der Waals surface area contributed by atoms with Crippen molar-refractivity contribution in [1.29, 1.82) is 5.41 Å². The number of aryl methyl sites for hydroxylation is 1. The van der Waals surface area contributed by atoms with Crippen LogP contribution in [0.5, 0.6) is 0 Å². The minimum Gasteiger partial charge on any atom is -0.369 e. The number of nitrogens with one attached hydrogen (secondary N) is 2. The van der Waals surface area contributed by atoms with Crippen LogP contribution in [0.3, 0.4) is 0 Å². The lowest BCUT2D eigenvalue weighted by molar-refractivity contribution is -0.129. The van der Waals surface area contributed by atoms with Crippen LogP contribution >= 0.6 is 0 Å². The van der Waals surface area contributed by atoms with Crippen molar-refractivity contribution in [2.24, 2.45) is 12.5 Å². The Bertz CT molecular complexity index is 1430. The highest BCUT2D eigenvalue weighted by atomic mass is 19.1. The average Bonchev–Trinajstić information content (AvgIpc) is 3.23. The highest BCUT2D eigenvalue weighted by Crippen LogP contribution is 2.22. The molecule has 1 fully saturated rings. The lowest BCUT2D eigenvalue weighted by Gasteiger charge is -2.36. The monoisotopic (exact) mass is 625 g/mol. The first-order valence-electron chi connectivity index (χ1n) is 14.9. The van der Waals surface area contributed by atoms with Crippen LogP contribution in [0.1, 0.15) is 34.6 Å². The Kier molecular flexibility index (Phi) is 16.5. The van der Waals surface area contributed by atoms with Gasteiger partial charge in [0.05, 0.1) is 20.3 Å². The number of amides is 1. The molecule has 2 N–H and O–H groups in total. The Morgan fingerprint density at radius 3 is 2.16 bits per heavy atom. The molecule has 1 aliphatic rings. The molecule has 0 bridgehead atoms. The molecule has 0 radical (unpaired) electrons. The molecule has 0 unspecified atom stereocenters. The number of rotatable bonds is 7. The summed E-state index contributed by atoms with van der Waals surface area (Å²) in [6, 6.07) is 8.12. The molecule has 45 heavy (non-hydrogen) atoms. The summed E-state index contributed by atoms with van der Waals surface area (Å²) in [4.78, 5) is 39.4. The number of allylic oxidation sites excluding steroid dienone is 3. The van der Waals surface area contributed by atoms with Crippen LogP contribution in [0, 0.1) is 10.8 Å². The van der Waals surface area contributed by atoms with E-state index < -0.39 is 0 Å². The molecule has 1 aromatic carbocycles. The summed E-state index contributed by atoms with van der Waals surface area (Å²) in [5, 5.41) is 9.78. The molecule has 0 spiro atoms. The van der Waals surface area contributed by atoms with Crippen molar-refractivity contribution in [3.8, 4) is 0 Å². The van der Waals surface area contributed by atoms with E-state index >= 15 is 0 Å². The van der Waals surface area contributed by atoms with Crippen LogP contribution in [-0.2, 0) is 18.4 Å². The normalized spacial score (nSPS) is 13.1. The third-order valence-electron chi connectivity index (χ3n) is 6.59. The van der Waals surface area contributed by atoms with Crippen LogP contribution in [0.25, 0.3) is 11.0 Å². The molecule has 4 rings (SSSR count). The molecule has 0 aliphatic carbocycles. The van der Waals surface area contributed by atoms with Crippen molar-refractivity contribution in [3.05, 3.63) is 65.6 Å². The predicted octanol–water partition coefficient (Wildman–Crippen LogP) is 5.12. The third-order valence-corrected chi connectivity index (χ3v) is 6.59. The Morgan fingerprint density at radius 2 is 1.69 bits per heavy atom. The molecule has 11 nitrogen and oxygen atoms in total. The number of aromatic nitrogens is 4. The Balaban J connectivity index is 0.000000726. The number of likely N-dealkylation sites (N-methyl/N-ethyl adjacent to an activating group) is 1. The smallest absolute Gasteiger partial charge is 0.278 e. The zero-order valence-corrected chi connectivity index (χ0v) is 28.5. The van der Waals surface area contributed by atoms with Gasteiger partial charge in [-0.3, -0.25) is 23.6 Å². The summed E-state index contributed by atoms with van der Waals surface area (Å²) in [6.07, 6.45) is 8.76. The van der Waals surface area contributed by atoms with Crippen molar-refractivity contribution < 1.29 is 9.18 Å². The van der Waals surface area contributed by atoms with Crippen LogP contribution in [-0.4, -0.2) is 95.2 Å². The van der Waals surface area contributed by atoms with Gasteiger partial charge in [0.2, 0.25) is 11.9 Å². The van der Waals surface area contributed by atoms with Gasteiger partial charge in [-0.25, -0.2) is 9.67 Å². The molecule has 0 atom stereocenters. The fourth-order valence-electron chi connectivity index (χ4n) is 4.43. The number of fused-ring (bicyclic) bond motifs is 1. The third kappa shape index (κ3) is 12.3. The number of nitrogens with zero attached hydrogens (tertiary/aromatic N) is 7. The van der Waals surface area contributed by atoms with Gasteiger partial charge in [0.25, 0.3) is 5.56 Å². The number of alkyl halides is 1. The number of anilines is 3. The van der Waals surface area contributed by atoms with Gasteiger partial charge in [-0.05, 0) is 49.7 Å². The first-order valence-corrected chi connectivity index (χ1v) is 14.9. The minimum absolute atomic E-state index is 0.130. The molecule has 1 amide bonds. The SMILES string of the molecule is C/C=C/C(C)(C)C.C=CCn1c(=O)c2cnc(Nc3ccc(N4CCN(CC(=O)N(C)C)CC4)cc3)nc2n1C.CC=N.CF. The summed E-state index contributed by atoms with van der Waals surface area (Å²) in [5.74, 6) is 0.567. The van der Waals surface area contributed by atoms with Crippen LogP contribution in [0.2, 0.25) is 0 Å². The highest BCUT2D eigenvalue weighted by molar-refractivity contribution is 5.77. The van der Waals surface area contributed by atoms with Crippen molar-refractivity contribution in [2.45, 2.75) is 41.2 Å². The van der Waals surface area contributed by atoms with Gasteiger partial charge in [-0.15, -0.1) is 6.58 Å². The largest absolute Gasteiger partial charge is 0.369 e. The number of piperazine rings is 1. The second kappa shape index (κ2) is 19.1. The van der Waals surface area contributed by atoms with Crippen molar-refractivity contribution in [2.75, 3.05) is 64.2 Å². The average molecular weight is 626 g/mol. The molecule has 0 saturated carbocycles. The van der Waals surface area contributed by atoms with Gasteiger partial charge in [-0.1, -0.05) is 39.0 Å². The van der Waals surface area contributed by atoms with Crippen LogP contribution in [0.15, 0.2) is 60.1 Å². The van der Waals surface area contributed by atoms with E-state index in [0.29, 0.717) is 42.7 Å². The van der Waals surface area contributed by atoms with E-state index in [1.165, 1.54) is 6.21 Å². The number of carbonyl (C=O) groups excluding carboxylic acids is 1. The summed E-state index contributed by atoms with van der Waals surface area (Å²) < 4.78 is 12.8. The first-order chi connectivity index (χ1) is 21.3. The Labute approximate surface area is 267 Å². The molecular weight excluding hydrogens is 573 g/mol. The maximum Gasteiger partial charge on any atom is 0.278 e. The number of hydrogen-bond donors (Lipinski definition) is 2. The molecule has 3 heterocycles. The minimum atomic E-state index is -0.130. The van der Waals surface area contributed by atoms with Gasteiger partial charge in [0.1, 0.15) is 5.39 Å². The van der Waals surface area contributed by atoms with E-state index in [4.69, 9.17) is 5.41 Å². The zero-order chi connectivity index (χ0) is 34.2. The van der Waals surface area contributed by atoms with Crippen molar-refractivity contribution >= 4 is 40.5 Å². The molecule has 1 aliphatic heterocycles. The van der Waals surface area contributed by atoms with Crippen LogP contribution < -0.4 is 15.8 Å². The van der Waals surface area contributed by atoms with Gasteiger partial charge in [0, 0.05) is 64.9 Å². The first kappa shape index (κ1) is 38.7. The summed E-state index contributed by atoms with van der Waals surface area (Å²) in [6.45, 7) is 18.3. The van der Waals surface area contributed by atoms with Gasteiger partial charge in [0.15, 0.2) is 5.65 Å². The van der Waals surface area contributed by atoms with E-state index in [1.807, 2.05) is 19.1 Å². The summed E-state index contributed by atoms with van der Waals surface area (Å²) >= 11 is 0. The number of carbonyl (C=O) groups is 1. The topological polar surface area (TPSA) is 115 Å². The molecule has 248 valence electrons. The number of benzene rings is 1. The molecule has 12 heteroatoms. The molecular formula is C33H52FN9O2. The number of halogens is 1. The Morgan fingerprint density at radius 1 is 1.11 bits per heavy atom. The second-order valence-electron chi connectivity index (χ2n) is 11.5. The summed E-state index contributed by atoms with van der Waals surface area (Å²) in [7, 11) is 5.88. The van der Waals surface area contributed by atoms with E-state index in [1.54, 1.807) is 54.6 Å². The maximum absolute atomic E-state index is 12.5. The summed E-state index contributed by atoms with van der Waals surface area (Å²) in [5.41, 5.74) is 2.81. The van der Waals surface area contributed by atoms with E-state index in [-0.39, 0.29) is 11.5 Å². The second-order valence-corrected chi connectivity index (χ2v) is 11.5. The fraction of sp³-hybridized carbons (Fsp3) is 0.485. The Hall–Kier alpha value is -4.32. The highest BCUT2D eigenvalue weighted by Gasteiger charge is 2.20. The standard InChI is InChI=1S/C23H30N8O2.C7H14.C2H5N.CH3F/c1-5-10-31-22(33)19-15-24-23(26-21(19)28(31)4)25-17-6-8-18(9-7-17)30-13-11-29(12-14-30)16-20(32)27(2)3;1-5-6-7(2,3)4;1-2-3;1-2/h5-9,15H,1,10-14,16H2,2-4H3,(H,24,25,26);5-6H,1-4H3;2-3H,1H3;1H3/b;6-5+;;. The number of hydrogen-bond acceptors (Lipinski definition) is 8. The predicted molar refractivity (Wildman–Crippen MR) is 186 cm³/mol. The van der Waals surface area contributed by atoms with E-state index in [0.717, 1.165) is 37.6 Å². The van der Waals surface area contributed by atoms with E-state index in [9.17, 15) is 14.0 Å². The molecule has 2 aromatic heterocycles. The lowest BCUT2D eigenvalue weighted by Crippen LogP contribution is -2.49. The van der Waals surface area contributed by atoms with Crippen LogP contribution in [0.4, 0.5) is 21.7 Å². The van der Waals surface area contributed by atoms with Crippen molar-refractivity contribution in [3.63, 3.8) is 0 Å². The van der Waals surface area contributed by atoms with Gasteiger partial charge >= 0.3 is 0 Å². The van der Waals surface area contributed by atoms with Gasteiger partial charge in [-0.2, -0.15) is 4.98 Å². The molecule has 3 aromatic rings. The quantitative estimate of drug-likeness (QED) is 0.277. The van der Waals surface area contributed by atoms with E-state index in [2.05, 4.69) is 76.7 Å². The van der Waals surface area contributed by atoms with Crippen molar-refractivity contribution in [1.82, 2.24) is 29.1 Å². The molecule has 1 saturated heterocycles. The fourth-order valence-corrected chi connectivity index (χ4v) is 4.43. The maximum atomic E-state index is 12.5.